The second-order valence-corrected chi connectivity index (χ2v) is 8.01. The highest BCUT2D eigenvalue weighted by atomic mass is 35.5. The number of benzene rings is 2. The van der Waals surface area contributed by atoms with Crippen LogP contribution in [0.4, 0.5) is 0 Å². The molecule has 0 aliphatic heterocycles. The number of halogens is 1. The summed E-state index contributed by atoms with van der Waals surface area (Å²) >= 11 is 6.21. The zero-order chi connectivity index (χ0) is 22.3. The highest BCUT2D eigenvalue weighted by Gasteiger charge is 2.26. The van der Waals surface area contributed by atoms with Crippen LogP contribution in [0.1, 0.15) is 42.5 Å². The van der Waals surface area contributed by atoms with Crippen LogP contribution >= 0.6 is 11.6 Å². The van der Waals surface area contributed by atoms with Gasteiger partial charge < -0.3 is 15.0 Å². The summed E-state index contributed by atoms with van der Waals surface area (Å²) < 4.78 is 5.75. The van der Waals surface area contributed by atoms with Gasteiger partial charge in [-0.1, -0.05) is 48.4 Å². The maximum Gasteiger partial charge on any atom is 0.261 e. The van der Waals surface area contributed by atoms with E-state index >= 15 is 0 Å². The molecule has 5 nitrogen and oxygen atoms in total. The Morgan fingerprint density at radius 3 is 2.27 bits per heavy atom. The first-order valence-corrected chi connectivity index (χ1v) is 10.6. The van der Waals surface area contributed by atoms with Gasteiger partial charge in [0.2, 0.25) is 5.91 Å². The first kappa shape index (κ1) is 23.7. The van der Waals surface area contributed by atoms with Gasteiger partial charge in [0.1, 0.15) is 11.8 Å². The second-order valence-electron chi connectivity index (χ2n) is 7.63. The summed E-state index contributed by atoms with van der Waals surface area (Å²) in [5.74, 6) is 0.164. The summed E-state index contributed by atoms with van der Waals surface area (Å²) in [5.41, 5.74) is 3.88. The van der Waals surface area contributed by atoms with Crippen LogP contribution in [0, 0.1) is 20.8 Å². The third-order valence-electron chi connectivity index (χ3n) is 4.96. The molecular weight excluding hydrogens is 400 g/mol. The number of nitrogens with zero attached hydrogens (tertiary/aromatic N) is 1. The van der Waals surface area contributed by atoms with Crippen molar-refractivity contribution in [3.8, 4) is 5.75 Å². The molecule has 0 bridgehead atoms. The molecule has 1 N–H and O–H groups in total. The van der Waals surface area contributed by atoms with E-state index in [0.717, 1.165) is 28.7 Å². The number of hydrogen-bond acceptors (Lipinski definition) is 3. The molecule has 30 heavy (non-hydrogen) atoms. The smallest absolute Gasteiger partial charge is 0.261 e. The van der Waals surface area contributed by atoms with Crippen molar-refractivity contribution in [2.24, 2.45) is 0 Å². The van der Waals surface area contributed by atoms with E-state index in [0.29, 0.717) is 23.9 Å². The van der Waals surface area contributed by atoms with Crippen LogP contribution in [0.5, 0.6) is 5.75 Å². The molecule has 0 heterocycles. The summed E-state index contributed by atoms with van der Waals surface area (Å²) in [4.78, 5) is 27.1. The van der Waals surface area contributed by atoms with Gasteiger partial charge in [-0.25, -0.2) is 0 Å². The number of nitrogens with one attached hydrogen (secondary N) is 1. The number of rotatable bonds is 9. The molecule has 0 fully saturated rings. The summed E-state index contributed by atoms with van der Waals surface area (Å²) in [5, 5.41) is 3.56. The van der Waals surface area contributed by atoms with Gasteiger partial charge in [-0.2, -0.15) is 0 Å². The molecule has 0 aromatic heterocycles. The molecular formula is C24H31ClN2O3. The van der Waals surface area contributed by atoms with E-state index in [4.69, 9.17) is 16.3 Å². The van der Waals surface area contributed by atoms with Crippen molar-refractivity contribution >= 4 is 23.4 Å². The normalized spacial score (nSPS) is 11.7. The van der Waals surface area contributed by atoms with E-state index in [1.807, 2.05) is 64.1 Å². The molecule has 162 valence electrons. The van der Waals surface area contributed by atoms with E-state index in [-0.39, 0.29) is 18.4 Å². The van der Waals surface area contributed by atoms with E-state index in [2.05, 4.69) is 5.32 Å². The lowest BCUT2D eigenvalue weighted by Gasteiger charge is -2.29. The van der Waals surface area contributed by atoms with Crippen LogP contribution in [0.3, 0.4) is 0 Å². The number of carbonyl (C=O) groups excluding carboxylic acids is 2. The first-order valence-electron chi connectivity index (χ1n) is 10.2. The summed E-state index contributed by atoms with van der Waals surface area (Å²) in [6.45, 7) is 10.3. The summed E-state index contributed by atoms with van der Waals surface area (Å²) in [6, 6.07) is 10.9. The fourth-order valence-corrected chi connectivity index (χ4v) is 3.20. The lowest BCUT2D eigenvalue weighted by atomic mass is 10.1. The minimum Gasteiger partial charge on any atom is -0.484 e. The van der Waals surface area contributed by atoms with Crippen molar-refractivity contribution in [1.82, 2.24) is 10.2 Å². The average Bonchev–Trinajstić information content (AvgIpc) is 2.73. The maximum atomic E-state index is 13.0. The Balaban J connectivity index is 2.16. The lowest BCUT2D eigenvalue weighted by molar-refractivity contribution is -0.142. The van der Waals surface area contributed by atoms with Gasteiger partial charge in [-0.05, 0) is 62.9 Å². The monoisotopic (exact) mass is 430 g/mol. The molecule has 0 unspecified atom stereocenters. The number of ether oxygens (including phenoxy) is 1. The molecule has 2 aromatic rings. The molecule has 2 amide bonds. The topological polar surface area (TPSA) is 58.6 Å². The van der Waals surface area contributed by atoms with Crippen molar-refractivity contribution in [3.63, 3.8) is 0 Å². The Labute approximate surface area is 184 Å². The third kappa shape index (κ3) is 6.49. The summed E-state index contributed by atoms with van der Waals surface area (Å²) in [6.07, 6.45) is 0.836. The zero-order valence-electron chi connectivity index (χ0n) is 18.4. The SMILES string of the molecule is CCCNC(=O)[C@H](C)N(Cc1ccc(C)cc1)C(=O)COc1cc(C)c(Cl)c(C)c1. The van der Waals surface area contributed by atoms with Crippen LogP contribution in [-0.4, -0.2) is 35.9 Å². The molecule has 0 spiro atoms. The Bertz CT molecular complexity index is 858. The van der Waals surface area contributed by atoms with Gasteiger partial charge in [0.05, 0.1) is 0 Å². The van der Waals surface area contributed by atoms with Crippen LogP contribution in [0.15, 0.2) is 36.4 Å². The van der Waals surface area contributed by atoms with E-state index in [1.165, 1.54) is 0 Å². The fourth-order valence-electron chi connectivity index (χ4n) is 3.09. The Morgan fingerprint density at radius 1 is 1.10 bits per heavy atom. The van der Waals surface area contributed by atoms with E-state index in [9.17, 15) is 9.59 Å². The number of amides is 2. The zero-order valence-corrected chi connectivity index (χ0v) is 19.2. The standard InChI is InChI=1S/C24H31ClN2O3/c1-6-11-26-24(29)19(5)27(14-20-9-7-16(2)8-10-20)22(28)15-30-21-12-17(3)23(25)18(4)13-21/h7-10,12-13,19H,6,11,14-15H2,1-5H3,(H,26,29)/t19-/m0/s1. The maximum absolute atomic E-state index is 13.0. The van der Waals surface area contributed by atoms with Gasteiger partial charge >= 0.3 is 0 Å². The summed E-state index contributed by atoms with van der Waals surface area (Å²) in [7, 11) is 0. The fraction of sp³-hybridized carbons (Fsp3) is 0.417. The first-order chi connectivity index (χ1) is 14.2. The highest BCUT2D eigenvalue weighted by molar-refractivity contribution is 6.32. The van der Waals surface area contributed by atoms with Crippen molar-refractivity contribution in [1.29, 1.82) is 0 Å². The Hall–Kier alpha value is -2.53. The van der Waals surface area contributed by atoms with Gasteiger partial charge in [-0.15, -0.1) is 0 Å². The Kier molecular flexibility index (Phi) is 8.72. The minimum absolute atomic E-state index is 0.155. The van der Waals surface area contributed by atoms with Gasteiger partial charge in [0, 0.05) is 18.1 Å². The van der Waals surface area contributed by atoms with Crippen LogP contribution < -0.4 is 10.1 Å². The molecule has 0 saturated carbocycles. The van der Waals surface area contributed by atoms with E-state index in [1.54, 1.807) is 11.8 Å². The molecule has 6 heteroatoms. The molecule has 1 atom stereocenters. The van der Waals surface area contributed by atoms with Gasteiger partial charge in [0.25, 0.3) is 5.91 Å². The predicted octanol–water partition coefficient (Wildman–Crippen LogP) is 4.59. The number of aryl methyl sites for hydroxylation is 3. The molecule has 2 aromatic carbocycles. The van der Waals surface area contributed by atoms with Crippen molar-refractivity contribution in [2.75, 3.05) is 13.2 Å². The highest BCUT2D eigenvalue weighted by Crippen LogP contribution is 2.26. The average molecular weight is 431 g/mol. The Morgan fingerprint density at radius 2 is 1.70 bits per heavy atom. The molecule has 2 rings (SSSR count). The quantitative estimate of drug-likeness (QED) is 0.633. The molecule has 0 radical (unpaired) electrons. The predicted molar refractivity (Wildman–Crippen MR) is 121 cm³/mol. The third-order valence-corrected chi connectivity index (χ3v) is 5.56. The van der Waals surface area contributed by atoms with Crippen LogP contribution in [-0.2, 0) is 16.1 Å². The van der Waals surface area contributed by atoms with E-state index < -0.39 is 6.04 Å². The largest absolute Gasteiger partial charge is 0.484 e. The number of hydrogen-bond donors (Lipinski definition) is 1. The second kappa shape index (κ2) is 11.0. The van der Waals surface area contributed by atoms with Crippen molar-refractivity contribution in [3.05, 3.63) is 63.7 Å². The molecule has 0 aliphatic rings. The van der Waals surface area contributed by atoms with Gasteiger partial charge in [0.15, 0.2) is 6.61 Å². The van der Waals surface area contributed by atoms with Crippen LogP contribution in [0.2, 0.25) is 5.02 Å². The van der Waals surface area contributed by atoms with Gasteiger partial charge in [-0.3, -0.25) is 9.59 Å². The minimum atomic E-state index is -0.609. The van der Waals surface area contributed by atoms with Crippen LogP contribution in [0.25, 0.3) is 0 Å². The molecule has 0 saturated heterocycles. The number of carbonyl (C=O) groups is 2. The van der Waals surface area contributed by atoms with Crippen molar-refractivity contribution in [2.45, 2.75) is 53.6 Å². The molecule has 0 aliphatic carbocycles. The lowest BCUT2D eigenvalue weighted by Crippen LogP contribution is -2.49. The van der Waals surface area contributed by atoms with Crippen molar-refractivity contribution < 1.29 is 14.3 Å².